The first-order chi connectivity index (χ1) is 9.21. The van der Waals surface area contributed by atoms with Gasteiger partial charge in [0, 0.05) is 6.54 Å². The van der Waals surface area contributed by atoms with Crippen molar-refractivity contribution in [2.75, 3.05) is 26.2 Å². The molecular formula is C15H22FN3. The number of halogens is 1. The molecule has 19 heavy (non-hydrogen) atoms. The summed E-state index contributed by atoms with van der Waals surface area (Å²) in [5.41, 5.74) is 1.27. The van der Waals surface area contributed by atoms with E-state index < -0.39 is 0 Å². The first kappa shape index (κ1) is 15.6. The molecule has 0 bridgehead atoms. The maximum absolute atomic E-state index is 13.1. The highest BCUT2D eigenvalue weighted by atomic mass is 19.1. The maximum atomic E-state index is 13.1. The molecule has 0 fully saturated rings. The van der Waals surface area contributed by atoms with Crippen molar-refractivity contribution >= 4 is 0 Å². The van der Waals surface area contributed by atoms with Gasteiger partial charge < -0.3 is 10.2 Å². The smallest absolute Gasteiger partial charge is 0.123 e. The molecule has 1 N–H and O–H groups in total. The molecule has 0 amide bonds. The summed E-state index contributed by atoms with van der Waals surface area (Å²) in [6.45, 7) is 8.93. The first-order valence-corrected chi connectivity index (χ1v) is 6.82. The first-order valence-electron chi connectivity index (χ1n) is 6.82. The quantitative estimate of drug-likeness (QED) is 0.733. The van der Waals surface area contributed by atoms with Crippen LogP contribution in [0.3, 0.4) is 0 Å². The summed E-state index contributed by atoms with van der Waals surface area (Å²) in [5, 5.41) is 12.2. The molecule has 4 heteroatoms. The van der Waals surface area contributed by atoms with E-state index >= 15 is 0 Å². The fourth-order valence-electron chi connectivity index (χ4n) is 2.01. The van der Waals surface area contributed by atoms with Crippen molar-refractivity contribution < 1.29 is 4.39 Å². The molecule has 0 saturated carbocycles. The van der Waals surface area contributed by atoms with Gasteiger partial charge in [0.05, 0.1) is 11.6 Å². The van der Waals surface area contributed by atoms with Crippen molar-refractivity contribution in [3.8, 4) is 6.07 Å². The Morgan fingerprint density at radius 1 is 1.32 bits per heavy atom. The third-order valence-electron chi connectivity index (χ3n) is 3.23. The topological polar surface area (TPSA) is 39.1 Å². The van der Waals surface area contributed by atoms with Gasteiger partial charge in [-0.2, -0.15) is 5.26 Å². The molecule has 0 aliphatic heterocycles. The van der Waals surface area contributed by atoms with Crippen LogP contribution in [0.1, 0.15) is 31.4 Å². The third-order valence-corrected chi connectivity index (χ3v) is 3.23. The van der Waals surface area contributed by atoms with Crippen LogP contribution >= 0.6 is 0 Å². The van der Waals surface area contributed by atoms with Crippen LogP contribution in [0, 0.1) is 17.1 Å². The molecule has 0 atom stereocenters. The van der Waals surface area contributed by atoms with E-state index in [1.165, 1.54) is 18.2 Å². The lowest BCUT2D eigenvalue weighted by molar-refractivity contribution is 0.298. The second-order valence-electron chi connectivity index (χ2n) is 4.47. The largest absolute Gasteiger partial charge is 0.313 e. The molecule has 0 aliphatic rings. The number of benzene rings is 1. The van der Waals surface area contributed by atoms with E-state index in [1.807, 2.05) is 0 Å². The zero-order chi connectivity index (χ0) is 14.1. The predicted octanol–water partition coefficient (Wildman–Crippen LogP) is 2.52. The van der Waals surface area contributed by atoms with Gasteiger partial charge in [-0.25, -0.2) is 4.39 Å². The lowest BCUT2D eigenvalue weighted by atomic mass is 10.1. The fraction of sp³-hybridized carbons (Fsp3) is 0.533. The molecule has 1 rings (SSSR count). The minimum absolute atomic E-state index is 0.293. The Morgan fingerprint density at radius 3 is 2.68 bits per heavy atom. The second-order valence-corrected chi connectivity index (χ2v) is 4.47. The van der Waals surface area contributed by atoms with Crippen molar-refractivity contribution in [1.82, 2.24) is 10.2 Å². The molecule has 1 aromatic rings. The molecule has 0 aliphatic carbocycles. The fourth-order valence-corrected chi connectivity index (χ4v) is 2.01. The van der Waals surface area contributed by atoms with Crippen LogP contribution in [0.4, 0.5) is 4.39 Å². The summed E-state index contributed by atoms with van der Waals surface area (Å²) in [6, 6.07) is 6.36. The molecule has 3 nitrogen and oxygen atoms in total. The summed E-state index contributed by atoms with van der Waals surface area (Å²) in [4.78, 5) is 2.37. The van der Waals surface area contributed by atoms with E-state index in [0.717, 1.165) is 38.2 Å². The molecule has 0 radical (unpaired) electrons. The van der Waals surface area contributed by atoms with Gasteiger partial charge >= 0.3 is 0 Å². The Balaban J connectivity index is 2.34. The lowest BCUT2D eigenvalue weighted by Crippen LogP contribution is -2.27. The monoisotopic (exact) mass is 263 g/mol. The number of nitriles is 1. The molecule has 0 spiro atoms. The summed E-state index contributed by atoms with van der Waals surface area (Å²) < 4.78 is 13.1. The van der Waals surface area contributed by atoms with Crippen LogP contribution in [-0.2, 0) is 6.54 Å². The van der Waals surface area contributed by atoms with Gasteiger partial charge in [0.15, 0.2) is 0 Å². The average molecular weight is 263 g/mol. The zero-order valence-electron chi connectivity index (χ0n) is 11.7. The highest BCUT2D eigenvalue weighted by Gasteiger charge is 2.03. The van der Waals surface area contributed by atoms with Crippen LogP contribution in [0.15, 0.2) is 18.2 Å². The van der Waals surface area contributed by atoms with Crippen molar-refractivity contribution in [2.24, 2.45) is 0 Å². The molecule has 0 heterocycles. The van der Waals surface area contributed by atoms with Crippen molar-refractivity contribution in [2.45, 2.75) is 26.8 Å². The van der Waals surface area contributed by atoms with E-state index in [4.69, 9.17) is 5.26 Å². The van der Waals surface area contributed by atoms with Gasteiger partial charge in [0.1, 0.15) is 5.82 Å². The maximum Gasteiger partial charge on any atom is 0.123 e. The number of hydrogen-bond donors (Lipinski definition) is 1. The molecule has 0 unspecified atom stereocenters. The van der Waals surface area contributed by atoms with E-state index in [0.29, 0.717) is 12.1 Å². The van der Waals surface area contributed by atoms with Crippen LogP contribution in [0.5, 0.6) is 0 Å². The van der Waals surface area contributed by atoms with Gasteiger partial charge in [-0.05, 0) is 56.4 Å². The number of rotatable bonds is 8. The van der Waals surface area contributed by atoms with E-state index in [9.17, 15) is 4.39 Å². The summed E-state index contributed by atoms with van der Waals surface area (Å²) in [5.74, 6) is -0.293. The lowest BCUT2D eigenvalue weighted by Gasteiger charge is -2.17. The SMILES string of the molecule is CCN(CC)CCCNCc1cc(F)ccc1C#N. The van der Waals surface area contributed by atoms with Crippen LogP contribution in [0.2, 0.25) is 0 Å². The van der Waals surface area contributed by atoms with Crippen molar-refractivity contribution in [3.05, 3.63) is 35.1 Å². The average Bonchev–Trinajstić information content (AvgIpc) is 2.43. The molecule has 0 saturated heterocycles. The molecule has 104 valence electrons. The summed E-state index contributed by atoms with van der Waals surface area (Å²) in [7, 11) is 0. The van der Waals surface area contributed by atoms with Crippen LogP contribution in [0.25, 0.3) is 0 Å². The van der Waals surface area contributed by atoms with Crippen LogP contribution in [-0.4, -0.2) is 31.1 Å². The highest BCUT2D eigenvalue weighted by molar-refractivity contribution is 5.37. The molecular weight excluding hydrogens is 241 g/mol. The number of nitrogens with zero attached hydrogens (tertiary/aromatic N) is 2. The Labute approximate surface area is 115 Å². The summed E-state index contributed by atoms with van der Waals surface area (Å²) >= 11 is 0. The van der Waals surface area contributed by atoms with Gasteiger partial charge in [-0.15, -0.1) is 0 Å². The second kappa shape index (κ2) is 8.63. The minimum atomic E-state index is -0.293. The predicted molar refractivity (Wildman–Crippen MR) is 75.2 cm³/mol. The van der Waals surface area contributed by atoms with Gasteiger partial charge in [0.25, 0.3) is 0 Å². The normalized spacial score (nSPS) is 10.7. The van der Waals surface area contributed by atoms with Crippen molar-refractivity contribution in [3.63, 3.8) is 0 Å². The van der Waals surface area contributed by atoms with Gasteiger partial charge in [0.2, 0.25) is 0 Å². The Morgan fingerprint density at radius 2 is 2.05 bits per heavy atom. The van der Waals surface area contributed by atoms with Crippen molar-refractivity contribution in [1.29, 1.82) is 5.26 Å². The molecule has 1 aromatic carbocycles. The van der Waals surface area contributed by atoms with Crippen LogP contribution < -0.4 is 5.32 Å². The zero-order valence-corrected chi connectivity index (χ0v) is 11.7. The van der Waals surface area contributed by atoms with Gasteiger partial charge in [-0.1, -0.05) is 13.8 Å². The Bertz CT molecular complexity index is 422. The standard InChI is InChI=1S/C15H22FN3/c1-3-19(4-2)9-5-8-18-12-14-10-15(16)7-6-13(14)11-17/h6-7,10,18H,3-5,8-9,12H2,1-2H3. The van der Waals surface area contributed by atoms with Gasteiger partial charge in [-0.3, -0.25) is 0 Å². The highest BCUT2D eigenvalue weighted by Crippen LogP contribution is 2.10. The third kappa shape index (κ3) is 5.37. The number of nitrogens with one attached hydrogen (secondary N) is 1. The Kier molecular flexibility index (Phi) is 7.09. The Hall–Kier alpha value is -1.44. The molecule has 0 aromatic heterocycles. The van der Waals surface area contributed by atoms with E-state index in [1.54, 1.807) is 0 Å². The summed E-state index contributed by atoms with van der Waals surface area (Å²) in [6.07, 6.45) is 1.05. The van der Waals surface area contributed by atoms with E-state index in [-0.39, 0.29) is 5.82 Å². The number of hydrogen-bond acceptors (Lipinski definition) is 3. The van der Waals surface area contributed by atoms with E-state index in [2.05, 4.69) is 30.1 Å². The minimum Gasteiger partial charge on any atom is -0.313 e.